The standard InChI is InChI=1S/C19H14N6O4/c26-23-18(16-8-1-3-10-20-16)22(13-14-6-5-7-15(12-14)25(28)29)24(27)19(23)17-9-2-4-11-21-17/h1-12H,13H2. The molecule has 0 aliphatic rings. The van der Waals surface area contributed by atoms with Crippen LogP contribution in [-0.2, 0) is 6.54 Å². The number of benzene rings is 1. The quantitative estimate of drug-likeness (QED) is 0.221. The molecule has 0 amide bonds. The molecule has 3 heterocycles. The van der Waals surface area contributed by atoms with Gasteiger partial charge < -0.3 is 10.4 Å². The van der Waals surface area contributed by atoms with Crippen molar-refractivity contribution in [1.29, 1.82) is 0 Å². The number of pyridine rings is 2. The van der Waals surface area contributed by atoms with E-state index in [0.717, 1.165) is 0 Å². The van der Waals surface area contributed by atoms with E-state index < -0.39 is 4.92 Å². The fourth-order valence-electron chi connectivity index (χ4n) is 2.99. The van der Waals surface area contributed by atoms with Gasteiger partial charge in [0, 0.05) is 34.9 Å². The molecule has 0 unspecified atom stereocenters. The van der Waals surface area contributed by atoms with Crippen molar-refractivity contribution in [2.45, 2.75) is 6.54 Å². The van der Waals surface area contributed by atoms with Crippen LogP contribution >= 0.6 is 0 Å². The number of rotatable bonds is 5. The number of nitro groups is 1. The summed E-state index contributed by atoms with van der Waals surface area (Å²) >= 11 is 0. The Balaban J connectivity index is 1.90. The van der Waals surface area contributed by atoms with E-state index in [1.54, 1.807) is 42.5 Å². The maximum absolute atomic E-state index is 13.1. The third-order valence-electron chi connectivity index (χ3n) is 4.27. The SMILES string of the molecule is O=[N+]([O-])c1cccc(Cn2c(-c3ccccn3)[n+]([O-])c(-c3ccccn3)[n+]2[O-])c1. The van der Waals surface area contributed by atoms with Crippen molar-refractivity contribution < 1.29 is 14.5 Å². The van der Waals surface area contributed by atoms with E-state index in [0.29, 0.717) is 20.8 Å². The van der Waals surface area contributed by atoms with Crippen molar-refractivity contribution in [3.05, 3.63) is 99.1 Å². The van der Waals surface area contributed by atoms with Gasteiger partial charge in [-0.05, 0) is 28.9 Å². The first-order valence-electron chi connectivity index (χ1n) is 8.58. The third-order valence-corrected chi connectivity index (χ3v) is 4.27. The summed E-state index contributed by atoms with van der Waals surface area (Å²) in [7, 11) is 0. The largest absolute Gasteiger partial charge is 0.675 e. The van der Waals surface area contributed by atoms with Gasteiger partial charge in [0.05, 0.1) is 4.92 Å². The van der Waals surface area contributed by atoms with Crippen LogP contribution in [-0.4, -0.2) is 19.6 Å². The average Bonchev–Trinajstić information content (AvgIpc) is 2.99. The van der Waals surface area contributed by atoms with Crippen LogP contribution in [0.5, 0.6) is 0 Å². The van der Waals surface area contributed by atoms with Crippen molar-refractivity contribution in [1.82, 2.24) is 14.6 Å². The van der Waals surface area contributed by atoms with Crippen molar-refractivity contribution in [2.24, 2.45) is 0 Å². The van der Waals surface area contributed by atoms with E-state index in [1.807, 2.05) is 0 Å². The Hall–Kier alpha value is -4.34. The van der Waals surface area contributed by atoms with Crippen molar-refractivity contribution in [2.75, 3.05) is 0 Å². The first-order valence-corrected chi connectivity index (χ1v) is 8.58. The van der Waals surface area contributed by atoms with Crippen LogP contribution in [0.3, 0.4) is 0 Å². The number of nitro benzene ring substituents is 1. The summed E-state index contributed by atoms with van der Waals surface area (Å²) in [5, 5.41) is 37.2. The Labute approximate surface area is 164 Å². The molecule has 0 saturated carbocycles. The van der Waals surface area contributed by atoms with Gasteiger partial charge in [0.1, 0.15) is 0 Å². The highest BCUT2D eigenvalue weighted by atomic mass is 16.6. The fourth-order valence-corrected chi connectivity index (χ4v) is 2.99. The molecule has 0 saturated heterocycles. The maximum atomic E-state index is 13.1. The topological polar surface area (TPSA) is 128 Å². The van der Waals surface area contributed by atoms with Crippen LogP contribution in [0.4, 0.5) is 5.69 Å². The Morgan fingerprint density at radius 1 is 0.931 bits per heavy atom. The number of hydrogen-bond acceptors (Lipinski definition) is 6. The third kappa shape index (κ3) is 3.34. The van der Waals surface area contributed by atoms with Crippen LogP contribution in [0.25, 0.3) is 23.0 Å². The van der Waals surface area contributed by atoms with E-state index >= 15 is 0 Å². The van der Waals surface area contributed by atoms with Gasteiger partial charge in [-0.1, -0.05) is 24.3 Å². The molecule has 4 rings (SSSR count). The van der Waals surface area contributed by atoms with Crippen LogP contribution in [0, 0.1) is 20.5 Å². The summed E-state index contributed by atoms with van der Waals surface area (Å²) in [6, 6.07) is 15.8. The van der Waals surface area contributed by atoms with Gasteiger partial charge in [-0.3, -0.25) is 10.1 Å². The lowest BCUT2D eigenvalue weighted by atomic mass is 10.2. The van der Waals surface area contributed by atoms with E-state index in [9.17, 15) is 20.5 Å². The molecule has 0 fully saturated rings. The molecule has 0 aliphatic carbocycles. The fraction of sp³-hybridized carbons (Fsp3) is 0.0526. The number of aromatic nitrogens is 5. The van der Waals surface area contributed by atoms with Gasteiger partial charge in [0.25, 0.3) is 5.69 Å². The summed E-state index contributed by atoms with van der Waals surface area (Å²) in [6.45, 7) is -0.0633. The summed E-state index contributed by atoms with van der Waals surface area (Å²) in [5.41, 5.74) is 0.878. The maximum Gasteiger partial charge on any atom is 0.422 e. The highest BCUT2D eigenvalue weighted by Gasteiger charge is 2.36. The summed E-state index contributed by atoms with van der Waals surface area (Å²) in [4.78, 5) is 19.3. The molecular weight excluding hydrogens is 376 g/mol. The Morgan fingerprint density at radius 3 is 2.24 bits per heavy atom. The highest BCUT2D eigenvalue weighted by molar-refractivity contribution is 5.49. The minimum Gasteiger partial charge on any atom is -0.675 e. The Bertz CT molecular complexity index is 1180. The van der Waals surface area contributed by atoms with Crippen molar-refractivity contribution >= 4 is 5.69 Å². The molecule has 0 bridgehead atoms. The zero-order valence-electron chi connectivity index (χ0n) is 15.0. The number of non-ortho nitro benzene ring substituents is 1. The minimum atomic E-state index is -0.517. The van der Waals surface area contributed by atoms with E-state index in [-0.39, 0.29) is 29.6 Å². The average molecular weight is 390 g/mol. The monoisotopic (exact) mass is 390 g/mol. The van der Waals surface area contributed by atoms with Crippen LogP contribution in [0.1, 0.15) is 5.56 Å². The molecule has 10 heteroatoms. The van der Waals surface area contributed by atoms with Gasteiger partial charge in [-0.25, -0.2) is 9.97 Å². The van der Waals surface area contributed by atoms with Crippen molar-refractivity contribution in [3.8, 4) is 23.0 Å². The minimum absolute atomic E-state index is 0.00718. The van der Waals surface area contributed by atoms with Gasteiger partial charge in [0.15, 0.2) is 17.9 Å². The van der Waals surface area contributed by atoms with Gasteiger partial charge >= 0.3 is 11.6 Å². The van der Waals surface area contributed by atoms with Crippen LogP contribution in [0.15, 0.2) is 73.1 Å². The van der Waals surface area contributed by atoms with Gasteiger partial charge in [-0.2, -0.15) is 0 Å². The summed E-state index contributed by atoms with van der Waals surface area (Å²) in [5.74, 6) is -0.204. The molecule has 1 aromatic carbocycles. The molecule has 29 heavy (non-hydrogen) atoms. The lowest BCUT2D eigenvalue weighted by Crippen LogP contribution is -2.42. The highest BCUT2D eigenvalue weighted by Crippen LogP contribution is 2.19. The molecular formula is C19H14N6O4. The van der Waals surface area contributed by atoms with Gasteiger partial charge in [-0.15, -0.1) is 4.73 Å². The van der Waals surface area contributed by atoms with Crippen LogP contribution in [0.2, 0.25) is 0 Å². The number of nitrogens with zero attached hydrogens (tertiary/aromatic N) is 6. The molecule has 3 aromatic heterocycles. The van der Waals surface area contributed by atoms with Crippen LogP contribution < -0.4 is 9.58 Å². The zero-order valence-corrected chi connectivity index (χ0v) is 15.0. The molecule has 4 aromatic rings. The smallest absolute Gasteiger partial charge is 0.422 e. The Morgan fingerprint density at radius 2 is 1.62 bits per heavy atom. The summed E-state index contributed by atoms with van der Waals surface area (Å²) < 4.78 is 1.66. The van der Waals surface area contributed by atoms with E-state index in [4.69, 9.17) is 0 Å². The molecule has 10 nitrogen and oxygen atoms in total. The molecule has 144 valence electrons. The normalized spacial score (nSPS) is 10.8. The lowest BCUT2D eigenvalue weighted by Gasteiger charge is -2.01. The second-order valence-electron chi connectivity index (χ2n) is 6.13. The molecule has 0 N–H and O–H groups in total. The van der Waals surface area contributed by atoms with E-state index in [1.165, 1.54) is 35.3 Å². The predicted octanol–water partition coefficient (Wildman–Crippen LogP) is 1.84. The summed E-state index contributed by atoms with van der Waals surface area (Å²) in [6.07, 6.45) is 2.99. The lowest BCUT2D eigenvalue weighted by molar-refractivity contribution is -0.728. The second kappa shape index (κ2) is 7.35. The molecule has 0 atom stereocenters. The van der Waals surface area contributed by atoms with E-state index in [2.05, 4.69) is 9.97 Å². The number of hydrogen-bond donors (Lipinski definition) is 0. The molecule has 0 spiro atoms. The second-order valence-corrected chi connectivity index (χ2v) is 6.13. The zero-order chi connectivity index (χ0) is 20.4. The first kappa shape index (κ1) is 18.0. The predicted molar refractivity (Wildman–Crippen MR) is 101 cm³/mol. The van der Waals surface area contributed by atoms with Crippen molar-refractivity contribution in [3.63, 3.8) is 0 Å². The Kier molecular flexibility index (Phi) is 4.57. The molecule has 0 radical (unpaired) electrons. The van der Waals surface area contributed by atoms with Gasteiger partial charge in [0.2, 0.25) is 0 Å². The molecule has 0 aliphatic heterocycles. The first-order chi connectivity index (χ1) is 14.1.